The van der Waals surface area contributed by atoms with Crippen molar-refractivity contribution in [1.29, 1.82) is 0 Å². The third-order valence-corrected chi connectivity index (χ3v) is 14.4. The fraction of sp³-hybridized carbons (Fsp3) is 0.935. The van der Waals surface area contributed by atoms with Crippen LogP contribution in [0.2, 0.25) is 0 Å². The summed E-state index contributed by atoms with van der Waals surface area (Å²) in [6.07, 6.45) is 24.2. The summed E-state index contributed by atoms with van der Waals surface area (Å²) in [6, 6.07) is 2.36. The van der Waals surface area contributed by atoms with Gasteiger partial charge in [0, 0.05) is 57.3 Å². The lowest BCUT2D eigenvalue weighted by molar-refractivity contribution is -0.167. The van der Waals surface area contributed by atoms with Crippen molar-refractivity contribution in [2.45, 2.75) is 211 Å². The minimum atomic E-state index is 0.222. The highest BCUT2D eigenvalue weighted by Gasteiger charge is 2.43. The molecule has 4 heterocycles. The molecule has 4 saturated carbocycles. The Morgan fingerprint density at radius 3 is 1.51 bits per heavy atom. The zero-order chi connectivity index (χ0) is 40.1. The molecule has 11 nitrogen and oxygen atoms in total. The predicted octanol–water partition coefficient (Wildman–Crippen LogP) is 6.68. The van der Waals surface area contributed by atoms with Crippen molar-refractivity contribution >= 4 is 17.6 Å². The molecule has 0 bridgehead atoms. The van der Waals surface area contributed by atoms with Crippen molar-refractivity contribution in [3.63, 3.8) is 0 Å². The molecule has 4 saturated heterocycles. The van der Waals surface area contributed by atoms with Crippen LogP contribution in [0, 0.1) is 11.8 Å². The van der Waals surface area contributed by atoms with Crippen LogP contribution in [0.5, 0.6) is 0 Å². The van der Waals surface area contributed by atoms with Gasteiger partial charge in [-0.1, -0.05) is 25.7 Å². The number of Topliss-reactive ketones (excluding diaryl/α,β-unsaturated/α-hetero) is 1. The first-order chi connectivity index (χ1) is 27.7. The van der Waals surface area contributed by atoms with Crippen molar-refractivity contribution in [2.24, 2.45) is 11.8 Å². The molecule has 11 heteroatoms. The summed E-state index contributed by atoms with van der Waals surface area (Å²) in [5.74, 6) is 2.28. The number of hydrogen-bond donors (Lipinski definition) is 1. The van der Waals surface area contributed by atoms with E-state index in [1.165, 1.54) is 51.4 Å². The first kappa shape index (κ1) is 44.9. The van der Waals surface area contributed by atoms with E-state index in [0.29, 0.717) is 73.5 Å². The standard InChI is InChI=1S/C23H40N2O3.C13H22N2O2.C10H18O2/c1-17(2)27-15-18-7-9-19(10-8-18)24-13-11-20(12-14-24)25-21-5-3-4-6-22(21)28-16-23(25)26;16-13-9-17-12-4-2-1-3-11(12)15(13)10-5-7-14-8-6-10;1-8(2)12-7-9-3-5-10(11)6-4-9/h17-22H,3-16H2,1-2H3;10-12,14H,1-9H2;8-9H,3-7H2,1-2H3/t18?,19?,21-,22-;11-,12-;/m00./s1. The maximum Gasteiger partial charge on any atom is 0.249 e. The summed E-state index contributed by atoms with van der Waals surface area (Å²) in [6.45, 7) is 15.2. The minimum Gasteiger partial charge on any atom is -0.379 e. The zero-order valence-corrected chi connectivity index (χ0v) is 36.3. The van der Waals surface area contributed by atoms with Gasteiger partial charge in [-0.3, -0.25) is 14.4 Å². The summed E-state index contributed by atoms with van der Waals surface area (Å²) >= 11 is 0. The number of morpholine rings is 2. The Kier molecular flexibility index (Phi) is 18.0. The van der Waals surface area contributed by atoms with Crippen molar-refractivity contribution in [1.82, 2.24) is 20.0 Å². The molecule has 326 valence electrons. The Hall–Kier alpha value is -1.63. The van der Waals surface area contributed by atoms with Crippen LogP contribution >= 0.6 is 0 Å². The first-order valence-electron chi connectivity index (χ1n) is 23.7. The van der Waals surface area contributed by atoms with Crippen LogP contribution in [-0.4, -0.2) is 140 Å². The van der Waals surface area contributed by atoms with E-state index in [4.69, 9.17) is 18.9 Å². The van der Waals surface area contributed by atoms with E-state index in [2.05, 4.69) is 33.9 Å². The van der Waals surface area contributed by atoms with Gasteiger partial charge in [0.1, 0.15) is 19.0 Å². The topological polar surface area (TPSA) is 110 Å². The molecule has 8 aliphatic rings. The second-order valence-corrected chi connectivity index (χ2v) is 19.2. The molecular weight excluding hydrogens is 721 g/mol. The number of carbonyl (C=O) groups is 3. The molecular formula is C46H80N4O7. The lowest BCUT2D eigenvalue weighted by Crippen LogP contribution is -2.61. The number of hydrogen-bond acceptors (Lipinski definition) is 9. The second-order valence-electron chi connectivity index (χ2n) is 19.2. The number of piperidine rings is 2. The average Bonchev–Trinajstić information content (AvgIpc) is 3.24. The number of likely N-dealkylation sites (tertiary alicyclic amines) is 1. The largest absolute Gasteiger partial charge is 0.379 e. The second kappa shape index (κ2) is 22.8. The number of nitrogens with zero attached hydrogens (tertiary/aromatic N) is 3. The van der Waals surface area contributed by atoms with E-state index in [-0.39, 0.29) is 11.8 Å². The molecule has 0 aromatic carbocycles. The molecule has 4 atom stereocenters. The van der Waals surface area contributed by atoms with E-state index < -0.39 is 0 Å². The van der Waals surface area contributed by atoms with Gasteiger partial charge in [-0.05, 0) is 143 Å². The summed E-state index contributed by atoms with van der Waals surface area (Å²) in [5, 5.41) is 3.37. The van der Waals surface area contributed by atoms with E-state index >= 15 is 0 Å². The van der Waals surface area contributed by atoms with Crippen LogP contribution in [0.4, 0.5) is 0 Å². The summed E-state index contributed by atoms with van der Waals surface area (Å²) < 4.78 is 22.9. The van der Waals surface area contributed by atoms with Gasteiger partial charge in [-0.2, -0.15) is 0 Å². The third-order valence-electron chi connectivity index (χ3n) is 14.4. The van der Waals surface area contributed by atoms with Crippen LogP contribution < -0.4 is 5.32 Å². The molecule has 0 aromatic heterocycles. The quantitative estimate of drug-likeness (QED) is 0.273. The van der Waals surface area contributed by atoms with Gasteiger partial charge in [0.15, 0.2) is 0 Å². The van der Waals surface area contributed by atoms with Gasteiger partial charge >= 0.3 is 0 Å². The van der Waals surface area contributed by atoms with Crippen molar-refractivity contribution in [3.8, 4) is 0 Å². The number of fused-ring (bicyclic) bond motifs is 2. The fourth-order valence-corrected chi connectivity index (χ4v) is 11.1. The van der Waals surface area contributed by atoms with E-state index in [1.54, 1.807) is 0 Å². The molecule has 2 amide bonds. The highest BCUT2D eigenvalue weighted by Crippen LogP contribution is 2.35. The zero-order valence-electron chi connectivity index (χ0n) is 36.3. The Morgan fingerprint density at radius 1 is 0.561 bits per heavy atom. The van der Waals surface area contributed by atoms with Crippen LogP contribution in [0.1, 0.15) is 156 Å². The van der Waals surface area contributed by atoms with Crippen LogP contribution in [0.3, 0.4) is 0 Å². The van der Waals surface area contributed by atoms with Gasteiger partial charge in [-0.25, -0.2) is 0 Å². The monoisotopic (exact) mass is 801 g/mol. The number of ether oxygens (including phenoxy) is 4. The fourth-order valence-electron chi connectivity index (χ4n) is 11.1. The predicted molar refractivity (Wildman–Crippen MR) is 223 cm³/mol. The van der Waals surface area contributed by atoms with Crippen molar-refractivity contribution in [3.05, 3.63) is 0 Å². The van der Waals surface area contributed by atoms with E-state index in [0.717, 1.165) is 128 Å². The molecule has 0 spiro atoms. The number of carbonyl (C=O) groups excluding carboxylic acids is 3. The normalized spacial score (nSPS) is 32.6. The van der Waals surface area contributed by atoms with Gasteiger partial charge in [0.2, 0.25) is 11.8 Å². The SMILES string of the molecule is CC(C)OCC1CCC(=O)CC1.CC(C)OCC1CCC(N2CCC(N3C(=O)CO[C@H]4CCCC[C@@H]43)CC2)CC1.O=C1CO[C@H]2CCCC[C@@H]2N1C1CCNCC1. The first-order valence-corrected chi connectivity index (χ1v) is 23.7. The maximum absolute atomic E-state index is 12.7. The summed E-state index contributed by atoms with van der Waals surface area (Å²) in [4.78, 5) is 42.9. The summed E-state index contributed by atoms with van der Waals surface area (Å²) in [7, 11) is 0. The van der Waals surface area contributed by atoms with E-state index in [9.17, 15) is 14.4 Å². The minimum absolute atomic E-state index is 0.222. The third kappa shape index (κ3) is 13.2. The Labute approximate surface area is 345 Å². The number of nitrogens with one attached hydrogen (secondary N) is 1. The highest BCUT2D eigenvalue weighted by molar-refractivity contribution is 5.80. The Balaban J connectivity index is 0.000000160. The Morgan fingerprint density at radius 2 is 1.02 bits per heavy atom. The molecule has 4 aliphatic carbocycles. The average molecular weight is 801 g/mol. The highest BCUT2D eigenvalue weighted by atomic mass is 16.5. The lowest BCUT2D eigenvalue weighted by atomic mass is 9.84. The van der Waals surface area contributed by atoms with Crippen LogP contribution in [-0.2, 0) is 33.3 Å². The number of amides is 2. The molecule has 57 heavy (non-hydrogen) atoms. The molecule has 0 unspecified atom stereocenters. The molecule has 0 aromatic rings. The number of ketones is 1. The maximum atomic E-state index is 12.7. The smallest absolute Gasteiger partial charge is 0.249 e. The number of rotatable bonds is 9. The molecule has 0 radical (unpaired) electrons. The van der Waals surface area contributed by atoms with Crippen LogP contribution in [0.15, 0.2) is 0 Å². The van der Waals surface area contributed by atoms with Gasteiger partial charge < -0.3 is 39.0 Å². The van der Waals surface area contributed by atoms with Gasteiger partial charge in [-0.15, -0.1) is 0 Å². The van der Waals surface area contributed by atoms with Crippen molar-refractivity contribution in [2.75, 3.05) is 52.6 Å². The molecule has 8 rings (SSSR count). The molecule has 8 fully saturated rings. The van der Waals surface area contributed by atoms with E-state index in [1.807, 2.05) is 13.8 Å². The van der Waals surface area contributed by atoms with Gasteiger partial charge in [0.25, 0.3) is 0 Å². The summed E-state index contributed by atoms with van der Waals surface area (Å²) in [5.41, 5.74) is 0. The van der Waals surface area contributed by atoms with Crippen molar-refractivity contribution < 1.29 is 33.3 Å². The molecule has 1 N–H and O–H groups in total. The Bertz CT molecular complexity index is 1220. The lowest BCUT2D eigenvalue weighted by Gasteiger charge is -2.50. The van der Waals surface area contributed by atoms with Gasteiger partial charge in [0.05, 0.1) is 36.5 Å². The molecule has 4 aliphatic heterocycles. The van der Waals surface area contributed by atoms with Crippen LogP contribution in [0.25, 0.3) is 0 Å².